The van der Waals surface area contributed by atoms with E-state index in [4.69, 9.17) is 4.74 Å². The molecular weight excluding hydrogens is 380 g/mol. The number of para-hydroxylation sites is 1. The van der Waals surface area contributed by atoms with Crippen LogP contribution in [0.5, 0.6) is 5.75 Å². The molecule has 7 nitrogen and oxygen atoms in total. The number of nitrogens with zero attached hydrogens (tertiary/aromatic N) is 4. The Morgan fingerprint density at radius 3 is 2.23 bits per heavy atom. The average Bonchev–Trinajstić information content (AvgIpc) is 3.15. The molecule has 2 aromatic carbocycles. The van der Waals surface area contributed by atoms with Crippen LogP contribution < -0.4 is 14.5 Å². The van der Waals surface area contributed by atoms with Crippen molar-refractivity contribution in [2.24, 2.45) is 0 Å². The van der Waals surface area contributed by atoms with Crippen LogP contribution in [0.2, 0.25) is 0 Å². The van der Waals surface area contributed by atoms with E-state index < -0.39 is 0 Å². The minimum Gasteiger partial charge on any atom is -0.494 e. The summed E-state index contributed by atoms with van der Waals surface area (Å²) in [5.74, 6) is 0.805. The summed E-state index contributed by atoms with van der Waals surface area (Å²) in [5, 5.41) is 0. The first-order valence-corrected chi connectivity index (χ1v) is 10.5. The minimum absolute atomic E-state index is 0.0182. The van der Waals surface area contributed by atoms with Gasteiger partial charge in [0, 0.05) is 50.6 Å². The maximum atomic E-state index is 12.8. The van der Waals surface area contributed by atoms with E-state index in [1.54, 1.807) is 9.80 Å². The van der Waals surface area contributed by atoms with Gasteiger partial charge in [0.15, 0.2) is 0 Å². The minimum atomic E-state index is -0.115. The van der Waals surface area contributed by atoms with E-state index in [0.717, 1.165) is 24.5 Å². The summed E-state index contributed by atoms with van der Waals surface area (Å²) in [4.78, 5) is 33.1. The van der Waals surface area contributed by atoms with Gasteiger partial charge in [-0.15, -0.1) is 0 Å². The zero-order valence-electron chi connectivity index (χ0n) is 17.4. The molecule has 7 heteroatoms. The number of anilines is 2. The lowest BCUT2D eigenvalue weighted by Crippen LogP contribution is -2.51. The summed E-state index contributed by atoms with van der Waals surface area (Å²) >= 11 is 0. The molecule has 0 radical (unpaired) electrons. The third-order valence-electron chi connectivity index (χ3n) is 5.63. The van der Waals surface area contributed by atoms with Crippen LogP contribution in [0, 0.1) is 0 Å². The molecular formula is C23H28N4O3. The Bertz CT molecular complexity index is 864. The maximum Gasteiger partial charge on any atom is 0.325 e. The zero-order valence-corrected chi connectivity index (χ0v) is 17.4. The maximum absolute atomic E-state index is 12.8. The average molecular weight is 409 g/mol. The first kappa shape index (κ1) is 20.1. The van der Waals surface area contributed by atoms with Crippen molar-refractivity contribution in [1.29, 1.82) is 0 Å². The van der Waals surface area contributed by atoms with Crippen LogP contribution in [0.1, 0.15) is 6.92 Å². The molecule has 0 N–H and O–H groups in total. The quantitative estimate of drug-likeness (QED) is 0.738. The summed E-state index contributed by atoms with van der Waals surface area (Å²) in [5.41, 5.74) is 2.01. The van der Waals surface area contributed by atoms with Gasteiger partial charge in [0.05, 0.1) is 6.61 Å². The predicted octanol–water partition coefficient (Wildman–Crippen LogP) is 2.68. The SMILES string of the molecule is CCOc1ccc(N2CCN(CC(=O)N3CCN(c4ccccc4)CC3)C2=O)cc1. The van der Waals surface area contributed by atoms with E-state index in [9.17, 15) is 9.59 Å². The fourth-order valence-electron chi connectivity index (χ4n) is 3.97. The second-order valence-corrected chi connectivity index (χ2v) is 7.49. The molecule has 3 amide bonds. The molecule has 2 heterocycles. The van der Waals surface area contributed by atoms with Crippen molar-refractivity contribution in [3.8, 4) is 5.75 Å². The van der Waals surface area contributed by atoms with Gasteiger partial charge in [0.2, 0.25) is 5.91 Å². The highest BCUT2D eigenvalue weighted by molar-refractivity contribution is 5.96. The lowest BCUT2D eigenvalue weighted by Gasteiger charge is -2.36. The molecule has 2 aromatic rings. The Balaban J connectivity index is 1.29. The van der Waals surface area contributed by atoms with Gasteiger partial charge < -0.3 is 19.4 Å². The Morgan fingerprint density at radius 1 is 0.867 bits per heavy atom. The third kappa shape index (κ3) is 4.35. The molecule has 2 saturated heterocycles. The second kappa shape index (κ2) is 9.07. The van der Waals surface area contributed by atoms with Gasteiger partial charge in [0.1, 0.15) is 12.3 Å². The van der Waals surface area contributed by atoms with Crippen molar-refractivity contribution in [2.45, 2.75) is 6.92 Å². The van der Waals surface area contributed by atoms with Crippen molar-refractivity contribution in [1.82, 2.24) is 9.80 Å². The molecule has 0 bridgehead atoms. The summed E-state index contributed by atoms with van der Waals surface area (Å²) in [6.45, 7) is 6.80. The van der Waals surface area contributed by atoms with E-state index >= 15 is 0 Å². The van der Waals surface area contributed by atoms with Crippen LogP contribution in [0.15, 0.2) is 54.6 Å². The number of carbonyl (C=O) groups is 2. The number of hydrogen-bond acceptors (Lipinski definition) is 4. The number of benzene rings is 2. The number of urea groups is 1. The standard InChI is InChI=1S/C23H28N4O3/c1-2-30-21-10-8-20(9-11-21)27-17-16-26(23(27)29)18-22(28)25-14-12-24(13-15-25)19-6-4-3-5-7-19/h3-11H,2,12-18H2,1H3. The summed E-state index contributed by atoms with van der Waals surface area (Å²) in [6, 6.07) is 17.6. The smallest absolute Gasteiger partial charge is 0.325 e. The van der Waals surface area contributed by atoms with Crippen molar-refractivity contribution in [3.63, 3.8) is 0 Å². The molecule has 2 aliphatic rings. The molecule has 0 aliphatic carbocycles. The largest absolute Gasteiger partial charge is 0.494 e. The van der Waals surface area contributed by atoms with Crippen LogP contribution in [0.3, 0.4) is 0 Å². The van der Waals surface area contributed by atoms with Crippen molar-refractivity contribution in [3.05, 3.63) is 54.6 Å². The molecule has 2 aliphatic heterocycles. The highest BCUT2D eigenvalue weighted by Crippen LogP contribution is 2.23. The first-order valence-electron chi connectivity index (χ1n) is 10.5. The van der Waals surface area contributed by atoms with Crippen LogP contribution in [-0.4, -0.2) is 74.2 Å². The number of rotatable bonds is 6. The second-order valence-electron chi connectivity index (χ2n) is 7.49. The van der Waals surface area contributed by atoms with Gasteiger partial charge in [-0.2, -0.15) is 0 Å². The summed E-state index contributed by atoms with van der Waals surface area (Å²) < 4.78 is 5.46. The molecule has 158 valence electrons. The van der Waals surface area contributed by atoms with E-state index in [0.29, 0.717) is 32.8 Å². The lowest BCUT2D eigenvalue weighted by molar-refractivity contribution is -0.131. The number of amides is 3. The van der Waals surface area contributed by atoms with Crippen LogP contribution >= 0.6 is 0 Å². The van der Waals surface area contributed by atoms with Crippen LogP contribution in [-0.2, 0) is 4.79 Å². The Hall–Kier alpha value is -3.22. The van der Waals surface area contributed by atoms with Crippen molar-refractivity contribution in [2.75, 3.05) is 62.2 Å². The first-order chi connectivity index (χ1) is 14.7. The summed E-state index contributed by atoms with van der Waals surface area (Å²) in [6.07, 6.45) is 0. The fourth-order valence-corrected chi connectivity index (χ4v) is 3.97. The highest BCUT2D eigenvalue weighted by atomic mass is 16.5. The Kier molecular flexibility index (Phi) is 6.07. The molecule has 2 fully saturated rings. The number of hydrogen-bond donors (Lipinski definition) is 0. The number of piperazine rings is 1. The van der Waals surface area contributed by atoms with Gasteiger partial charge in [-0.3, -0.25) is 9.69 Å². The normalized spacial score (nSPS) is 16.9. The van der Waals surface area contributed by atoms with Gasteiger partial charge in [0.25, 0.3) is 0 Å². The van der Waals surface area contributed by atoms with Crippen LogP contribution in [0.25, 0.3) is 0 Å². The molecule has 0 unspecified atom stereocenters. The molecule has 30 heavy (non-hydrogen) atoms. The molecule has 4 rings (SSSR count). The molecule has 0 saturated carbocycles. The van der Waals surface area contributed by atoms with Crippen LogP contribution in [0.4, 0.5) is 16.2 Å². The highest BCUT2D eigenvalue weighted by Gasteiger charge is 2.32. The monoisotopic (exact) mass is 408 g/mol. The Labute approximate surface area is 177 Å². The molecule has 0 atom stereocenters. The van der Waals surface area contributed by atoms with Gasteiger partial charge in [-0.05, 0) is 43.3 Å². The number of ether oxygens (including phenoxy) is 1. The number of carbonyl (C=O) groups excluding carboxylic acids is 2. The topological polar surface area (TPSA) is 56.3 Å². The van der Waals surface area contributed by atoms with Crippen molar-refractivity contribution >= 4 is 23.3 Å². The fraction of sp³-hybridized carbons (Fsp3) is 0.391. The van der Waals surface area contributed by atoms with Crippen molar-refractivity contribution < 1.29 is 14.3 Å². The lowest BCUT2D eigenvalue weighted by atomic mass is 10.2. The van der Waals surface area contributed by atoms with Gasteiger partial charge in [-0.25, -0.2) is 4.79 Å². The van der Waals surface area contributed by atoms with Gasteiger partial charge >= 0.3 is 6.03 Å². The van der Waals surface area contributed by atoms with E-state index in [1.165, 1.54) is 5.69 Å². The van der Waals surface area contributed by atoms with E-state index in [-0.39, 0.29) is 18.5 Å². The van der Waals surface area contributed by atoms with E-state index in [1.807, 2.05) is 54.3 Å². The zero-order chi connectivity index (χ0) is 20.9. The molecule has 0 aromatic heterocycles. The predicted molar refractivity (Wildman–Crippen MR) is 117 cm³/mol. The Morgan fingerprint density at radius 2 is 1.57 bits per heavy atom. The molecule has 0 spiro atoms. The van der Waals surface area contributed by atoms with E-state index in [2.05, 4.69) is 17.0 Å². The third-order valence-corrected chi connectivity index (χ3v) is 5.63. The summed E-state index contributed by atoms with van der Waals surface area (Å²) in [7, 11) is 0. The van der Waals surface area contributed by atoms with Gasteiger partial charge in [-0.1, -0.05) is 18.2 Å².